The maximum atomic E-state index is 12.8. The second kappa shape index (κ2) is 7.78. The molecule has 1 fully saturated rings. The van der Waals surface area contributed by atoms with Gasteiger partial charge in [0.15, 0.2) is 5.15 Å². The highest BCUT2D eigenvalue weighted by atomic mass is 35.5. The molecule has 2 amide bonds. The summed E-state index contributed by atoms with van der Waals surface area (Å²) in [4.78, 5) is 32.9. The van der Waals surface area contributed by atoms with E-state index < -0.39 is 0 Å². The Bertz CT molecular complexity index is 1040. The molecule has 140 valence electrons. The van der Waals surface area contributed by atoms with Crippen LogP contribution in [0.4, 0.5) is 11.5 Å². The van der Waals surface area contributed by atoms with Crippen molar-refractivity contribution in [2.24, 2.45) is 5.92 Å². The van der Waals surface area contributed by atoms with Gasteiger partial charge in [-0.3, -0.25) is 9.59 Å². The topological polar surface area (TPSA) is 84.0 Å². The number of nitrogens with one attached hydrogen (secondary N) is 2. The standard InChI is InChI=1S/C21H17ClN4O2/c22-19-18(16(9-11-24-19)13-4-2-1-3-5-13)26-21(28)15-8-10-23-17(12-15)25-20(27)14-6-7-14/h1-5,8-12,14H,6-7H2,(H,26,28)(H,23,25,27). The molecule has 4 rings (SSSR count). The lowest BCUT2D eigenvalue weighted by Gasteiger charge is -2.13. The van der Waals surface area contributed by atoms with Crippen molar-refractivity contribution in [1.29, 1.82) is 0 Å². The van der Waals surface area contributed by atoms with Crippen LogP contribution >= 0.6 is 11.6 Å². The van der Waals surface area contributed by atoms with Gasteiger partial charge >= 0.3 is 0 Å². The molecule has 0 saturated heterocycles. The van der Waals surface area contributed by atoms with Gasteiger partial charge in [0.25, 0.3) is 5.91 Å². The maximum Gasteiger partial charge on any atom is 0.255 e. The van der Waals surface area contributed by atoms with Crippen molar-refractivity contribution < 1.29 is 9.59 Å². The van der Waals surface area contributed by atoms with Crippen LogP contribution in [-0.4, -0.2) is 21.8 Å². The van der Waals surface area contributed by atoms with Crippen LogP contribution in [0.3, 0.4) is 0 Å². The average molecular weight is 393 g/mol. The molecular weight excluding hydrogens is 376 g/mol. The zero-order valence-corrected chi connectivity index (χ0v) is 15.6. The molecule has 2 aromatic heterocycles. The lowest BCUT2D eigenvalue weighted by Crippen LogP contribution is -2.17. The van der Waals surface area contributed by atoms with Crippen LogP contribution < -0.4 is 10.6 Å². The van der Waals surface area contributed by atoms with Crippen molar-refractivity contribution in [3.05, 3.63) is 71.6 Å². The number of anilines is 2. The van der Waals surface area contributed by atoms with Gasteiger partial charge in [-0.1, -0.05) is 41.9 Å². The fourth-order valence-electron chi connectivity index (χ4n) is 2.81. The van der Waals surface area contributed by atoms with E-state index in [9.17, 15) is 9.59 Å². The number of hydrogen-bond acceptors (Lipinski definition) is 4. The molecule has 1 saturated carbocycles. The molecule has 6 nitrogen and oxygen atoms in total. The number of hydrogen-bond donors (Lipinski definition) is 2. The van der Waals surface area contributed by atoms with E-state index in [0.29, 0.717) is 17.1 Å². The molecule has 0 radical (unpaired) electrons. The molecule has 0 atom stereocenters. The molecule has 2 N–H and O–H groups in total. The number of aromatic nitrogens is 2. The summed E-state index contributed by atoms with van der Waals surface area (Å²) in [5.74, 6) is -0.0184. The molecule has 0 unspecified atom stereocenters. The summed E-state index contributed by atoms with van der Waals surface area (Å²) in [7, 11) is 0. The van der Waals surface area contributed by atoms with Crippen LogP contribution in [0.2, 0.25) is 5.15 Å². The maximum absolute atomic E-state index is 12.8. The number of rotatable bonds is 5. The Labute approximate surface area is 167 Å². The van der Waals surface area contributed by atoms with Crippen molar-refractivity contribution in [1.82, 2.24) is 9.97 Å². The number of carbonyl (C=O) groups excluding carboxylic acids is 2. The second-order valence-electron chi connectivity index (χ2n) is 6.54. The van der Waals surface area contributed by atoms with Gasteiger partial charge in [0.1, 0.15) is 5.82 Å². The van der Waals surface area contributed by atoms with E-state index in [-0.39, 0.29) is 22.9 Å². The number of halogens is 1. The molecule has 28 heavy (non-hydrogen) atoms. The number of pyridine rings is 2. The molecular formula is C21H17ClN4O2. The monoisotopic (exact) mass is 392 g/mol. The number of carbonyl (C=O) groups is 2. The molecule has 7 heteroatoms. The molecule has 0 bridgehead atoms. The van der Waals surface area contributed by atoms with E-state index in [4.69, 9.17) is 11.6 Å². The third kappa shape index (κ3) is 4.02. The Balaban J connectivity index is 1.58. The smallest absolute Gasteiger partial charge is 0.255 e. The first kappa shape index (κ1) is 18.1. The second-order valence-corrected chi connectivity index (χ2v) is 6.90. The zero-order valence-electron chi connectivity index (χ0n) is 14.9. The fraction of sp³-hybridized carbons (Fsp3) is 0.143. The highest BCUT2D eigenvalue weighted by molar-refractivity contribution is 6.33. The lowest BCUT2D eigenvalue weighted by molar-refractivity contribution is -0.117. The van der Waals surface area contributed by atoms with Crippen molar-refractivity contribution in [2.75, 3.05) is 10.6 Å². The van der Waals surface area contributed by atoms with E-state index in [2.05, 4.69) is 20.6 Å². The molecule has 1 aromatic carbocycles. The van der Waals surface area contributed by atoms with Gasteiger partial charge in [0, 0.05) is 29.4 Å². The normalized spacial score (nSPS) is 13.0. The van der Waals surface area contributed by atoms with E-state index >= 15 is 0 Å². The van der Waals surface area contributed by atoms with Crippen LogP contribution in [0.25, 0.3) is 11.1 Å². The zero-order chi connectivity index (χ0) is 19.5. The van der Waals surface area contributed by atoms with Gasteiger partial charge in [-0.15, -0.1) is 0 Å². The van der Waals surface area contributed by atoms with Crippen molar-refractivity contribution >= 4 is 34.9 Å². The van der Waals surface area contributed by atoms with Gasteiger partial charge < -0.3 is 10.6 Å². The third-order valence-electron chi connectivity index (χ3n) is 4.45. The Morgan fingerprint density at radius 3 is 2.46 bits per heavy atom. The molecule has 0 aliphatic heterocycles. The third-order valence-corrected chi connectivity index (χ3v) is 4.74. The first-order chi connectivity index (χ1) is 13.6. The Morgan fingerprint density at radius 2 is 1.71 bits per heavy atom. The first-order valence-electron chi connectivity index (χ1n) is 8.90. The SMILES string of the molecule is O=C(Nc1c(-c2ccccc2)ccnc1Cl)c1ccnc(NC(=O)C2CC2)c1. The van der Waals surface area contributed by atoms with Crippen LogP contribution in [0.1, 0.15) is 23.2 Å². The summed E-state index contributed by atoms with van der Waals surface area (Å²) in [6.45, 7) is 0. The van der Waals surface area contributed by atoms with Gasteiger partial charge in [-0.25, -0.2) is 9.97 Å². The minimum absolute atomic E-state index is 0.0573. The van der Waals surface area contributed by atoms with E-state index in [1.807, 2.05) is 30.3 Å². The van der Waals surface area contributed by atoms with E-state index in [1.54, 1.807) is 24.4 Å². The van der Waals surface area contributed by atoms with E-state index in [1.165, 1.54) is 6.20 Å². The van der Waals surface area contributed by atoms with Crippen molar-refractivity contribution in [2.45, 2.75) is 12.8 Å². The highest BCUT2D eigenvalue weighted by Gasteiger charge is 2.29. The van der Waals surface area contributed by atoms with Crippen LogP contribution in [0.5, 0.6) is 0 Å². The van der Waals surface area contributed by atoms with Gasteiger partial charge in [0.05, 0.1) is 5.69 Å². The fourth-order valence-corrected chi connectivity index (χ4v) is 3.02. The summed E-state index contributed by atoms with van der Waals surface area (Å²) in [5.41, 5.74) is 2.47. The number of benzene rings is 1. The summed E-state index contributed by atoms with van der Waals surface area (Å²) in [6, 6.07) is 14.5. The molecule has 1 aliphatic carbocycles. The van der Waals surface area contributed by atoms with Gasteiger partial charge in [-0.2, -0.15) is 0 Å². The van der Waals surface area contributed by atoms with E-state index in [0.717, 1.165) is 24.0 Å². The Kier molecular flexibility index (Phi) is 5.04. The van der Waals surface area contributed by atoms with Crippen LogP contribution in [0.15, 0.2) is 60.9 Å². The summed E-state index contributed by atoms with van der Waals surface area (Å²) in [5, 5.41) is 5.78. The van der Waals surface area contributed by atoms with Gasteiger partial charge in [0.2, 0.25) is 5.91 Å². The predicted octanol–water partition coefficient (Wildman–Crippen LogP) is 4.40. The van der Waals surface area contributed by atoms with Crippen molar-refractivity contribution in [3.63, 3.8) is 0 Å². The Hall–Kier alpha value is -3.25. The quantitative estimate of drug-likeness (QED) is 0.630. The van der Waals surface area contributed by atoms with Crippen molar-refractivity contribution in [3.8, 4) is 11.1 Å². The minimum atomic E-state index is -0.364. The molecule has 3 aromatic rings. The predicted molar refractivity (Wildman–Crippen MR) is 108 cm³/mol. The number of nitrogens with zero attached hydrogens (tertiary/aromatic N) is 2. The number of amides is 2. The molecule has 1 aliphatic rings. The first-order valence-corrected chi connectivity index (χ1v) is 9.28. The summed E-state index contributed by atoms with van der Waals surface area (Å²) >= 11 is 6.26. The molecule has 2 heterocycles. The Morgan fingerprint density at radius 1 is 0.964 bits per heavy atom. The largest absolute Gasteiger partial charge is 0.319 e. The van der Waals surface area contributed by atoms with Gasteiger partial charge in [-0.05, 0) is 36.6 Å². The summed E-state index contributed by atoms with van der Waals surface area (Å²) in [6.07, 6.45) is 4.88. The molecule has 0 spiro atoms. The minimum Gasteiger partial charge on any atom is -0.319 e. The summed E-state index contributed by atoms with van der Waals surface area (Å²) < 4.78 is 0. The average Bonchev–Trinajstić information content (AvgIpc) is 3.56. The van der Waals surface area contributed by atoms with Crippen LogP contribution in [0, 0.1) is 5.92 Å². The lowest BCUT2D eigenvalue weighted by atomic mass is 10.1. The van der Waals surface area contributed by atoms with Crippen LogP contribution in [-0.2, 0) is 4.79 Å². The highest BCUT2D eigenvalue weighted by Crippen LogP contribution is 2.33.